The quantitative estimate of drug-likeness (QED) is 0.593. The highest BCUT2D eigenvalue weighted by Crippen LogP contribution is 2.48. The van der Waals surface area contributed by atoms with Crippen molar-refractivity contribution in [3.05, 3.63) is 29.8 Å². The molecule has 0 spiro atoms. The van der Waals surface area contributed by atoms with E-state index in [1.165, 1.54) is 69.1 Å². The number of fused-ring (bicyclic) bond motifs is 1. The van der Waals surface area contributed by atoms with Gasteiger partial charge in [0.2, 0.25) is 0 Å². The van der Waals surface area contributed by atoms with Gasteiger partial charge in [0.15, 0.2) is 0 Å². The summed E-state index contributed by atoms with van der Waals surface area (Å²) in [6, 6.07) is 6.53. The van der Waals surface area contributed by atoms with Crippen molar-refractivity contribution in [2.75, 3.05) is 0 Å². The van der Waals surface area contributed by atoms with E-state index in [9.17, 15) is 13.2 Å². The van der Waals surface area contributed by atoms with Crippen molar-refractivity contribution in [1.29, 1.82) is 0 Å². The van der Waals surface area contributed by atoms with Crippen molar-refractivity contribution in [1.82, 2.24) is 0 Å². The van der Waals surface area contributed by atoms with Crippen LogP contribution < -0.4 is 4.74 Å². The van der Waals surface area contributed by atoms with Gasteiger partial charge in [-0.15, -0.1) is 13.2 Å². The summed E-state index contributed by atoms with van der Waals surface area (Å²) < 4.78 is 40.7. The molecule has 1 aromatic carbocycles. The molecule has 0 heterocycles. The Labute approximate surface area is 142 Å². The van der Waals surface area contributed by atoms with E-state index in [0.29, 0.717) is 5.92 Å². The van der Waals surface area contributed by atoms with Crippen molar-refractivity contribution in [3.63, 3.8) is 0 Å². The highest BCUT2D eigenvalue weighted by atomic mass is 19.4. The van der Waals surface area contributed by atoms with Crippen LogP contribution in [0.5, 0.6) is 5.75 Å². The fraction of sp³-hybridized carbons (Fsp3) is 0.700. The summed E-state index contributed by atoms with van der Waals surface area (Å²) in [5.41, 5.74) is 1.17. The molecule has 0 aromatic heterocycles. The molecule has 0 radical (unpaired) electrons. The van der Waals surface area contributed by atoms with Crippen LogP contribution in [0.1, 0.15) is 69.8 Å². The first kappa shape index (κ1) is 17.6. The highest BCUT2D eigenvalue weighted by molar-refractivity contribution is 5.30. The molecule has 4 heteroatoms. The number of benzene rings is 1. The van der Waals surface area contributed by atoms with Crippen LogP contribution in [0.15, 0.2) is 24.3 Å². The zero-order chi connectivity index (χ0) is 17.2. The Balaban J connectivity index is 1.58. The molecule has 3 rings (SSSR count). The van der Waals surface area contributed by atoms with Crippen LogP contribution in [0.4, 0.5) is 13.2 Å². The molecule has 0 amide bonds. The molecule has 2 aliphatic rings. The van der Waals surface area contributed by atoms with Gasteiger partial charge in [-0.3, -0.25) is 0 Å². The van der Waals surface area contributed by atoms with Gasteiger partial charge in [-0.1, -0.05) is 38.3 Å². The summed E-state index contributed by atoms with van der Waals surface area (Å²) >= 11 is 0. The Morgan fingerprint density at radius 2 is 1.62 bits per heavy atom. The van der Waals surface area contributed by atoms with Gasteiger partial charge < -0.3 is 4.74 Å². The molecule has 4 unspecified atom stereocenters. The van der Waals surface area contributed by atoms with Gasteiger partial charge in [-0.25, -0.2) is 0 Å². The molecule has 0 bridgehead atoms. The first-order valence-corrected chi connectivity index (χ1v) is 9.30. The van der Waals surface area contributed by atoms with E-state index in [-0.39, 0.29) is 5.75 Å². The standard InChI is InChI=1S/C20H27F3O/c1-2-3-14-4-5-18-13-17(7-6-16(18)12-14)15-8-10-19(11-9-15)24-20(21,22)23/h8-11,14,16-18H,2-7,12-13H2,1H3. The number of hydrogen-bond acceptors (Lipinski definition) is 1. The molecule has 134 valence electrons. The molecule has 2 fully saturated rings. The van der Waals surface area contributed by atoms with Crippen LogP contribution in [-0.2, 0) is 0 Å². The van der Waals surface area contributed by atoms with Gasteiger partial charge in [0, 0.05) is 0 Å². The minimum Gasteiger partial charge on any atom is -0.406 e. The predicted molar refractivity (Wildman–Crippen MR) is 88.9 cm³/mol. The minimum absolute atomic E-state index is 0.125. The van der Waals surface area contributed by atoms with Crippen LogP contribution >= 0.6 is 0 Å². The maximum atomic E-state index is 12.2. The van der Waals surface area contributed by atoms with Crippen molar-refractivity contribution in [3.8, 4) is 5.75 Å². The number of halogens is 3. The molecule has 0 aliphatic heterocycles. The average Bonchev–Trinajstić information content (AvgIpc) is 2.54. The summed E-state index contributed by atoms with van der Waals surface area (Å²) in [6.07, 6.45) is 5.77. The third-order valence-corrected chi connectivity index (χ3v) is 6.00. The van der Waals surface area contributed by atoms with E-state index in [4.69, 9.17) is 0 Å². The maximum Gasteiger partial charge on any atom is 0.573 e. The number of ether oxygens (including phenoxy) is 1. The highest BCUT2D eigenvalue weighted by Gasteiger charge is 2.36. The third-order valence-electron chi connectivity index (χ3n) is 6.00. The summed E-state index contributed by atoms with van der Waals surface area (Å²) in [7, 11) is 0. The second kappa shape index (κ2) is 7.37. The summed E-state index contributed by atoms with van der Waals surface area (Å²) in [6.45, 7) is 2.27. The summed E-state index contributed by atoms with van der Waals surface area (Å²) in [5, 5.41) is 0. The third kappa shape index (κ3) is 4.46. The lowest BCUT2D eigenvalue weighted by Crippen LogP contribution is -2.30. The number of hydrogen-bond donors (Lipinski definition) is 0. The molecule has 2 aliphatic carbocycles. The Morgan fingerprint density at radius 1 is 0.958 bits per heavy atom. The van der Waals surface area contributed by atoms with Crippen LogP contribution in [0, 0.1) is 17.8 Å². The second-order valence-electron chi connectivity index (χ2n) is 7.61. The van der Waals surface area contributed by atoms with Crippen molar-refractivity contribution in [2.24, 2.45) is 17.8 Å². The summed E-state index contributed by atoms with van der Waals surface area (Å²) in [5.74, 6) is 2.97. The smallest absolute Gasteiger partial charge is 0.406 e. The molecule has 2 saturated carbocycles. The molecule has 24 heavy (non-hydrogen) atoms. The summed E-state index contributed by atoms with van der Waals surface area (Å²) in [4.78, 5) is 0. The molecule has 4 atom stereocenters. The second-order valence-corrected chi connectivity index (χ2v) is 7.61. The molecular weight excluding hydrogens is 313 g/mol. The maximum absolute atomic E-state index is 12.2. The number of alkyl halides is 3. The van der Waals surface area contributed by atoms with E-state index >= 15 is 0 Å². The van der Waals surface area contributed by atoms with Gasteiger partial charge in [0.25, 0.3) is 0 Å². The molecular formula is C20H27F3O. The molecule has 1 nitrogen and oxygen atoms in total. The SMILES string of the molecule is CCCC1CCC2CC(c3ccc(OC(F)(F)F)cc3)CCC2C1. The fourth-order valence-electron chi connectivity index (χ4n) is 4.90. The van der Waals surface area contributed by atoms with Crippen LogP contribution in [-0.4, -0.2) is 6.36 Å². The van der Waals surface area contributed by atoms with Gasteiger partial charge in [-0.2, -0.15) is 0 Å². The monoisotopic (exact) mass is 340 g/mol. The lowest BCUT2D eigenvalue weighted by Gasteiger charge is -2.42. The van der Waals surface area contributed by atoms with Crippen molar-refractivity contribution in [2.45, 2.75) is 70.6 Å². The van der Waals surface area contributed by atoms with Gasteiger partial charge in [0.1, 0.15) is 5.75 Å². The van der Waals surface area contributed by atoms with Crippen LogP contribution in [0.3, 0.4) is 0 Å². The minimum atomic E-state index is -4.61. The Hall–Kier alpha value is -1.19. The predicted octanol–water partition coefficient (Wildman–Crippen LogP) is 6.69. The topological polar surface area (TPSA) is 9.23 Å². The largest absolute Gasteiger partial charge is 0.573 e. The van der Waals surface area contributed by atoms with E-state index in [0.717, 1.165) is 17.8 Å². The first-order valence-electron chi connectivity index (χ1n) is 9.30. The lowest BCUT2D eigenvalue weighted by atomic mass is 9.63. The van der Waals surface area contributed by atoms with Crippen LogP contribution in [0.25, 0.3) is 0 Å². The Kier molecular flexibility index (Phi) is 5.41. The molecule has 1 aromatic rings. The zero-order valence-electron chi connectivity index (χ0n) is 14.3. The molecule has 0 N–H and O–H groups in total. The Bertz CT molecular complexity index is 523. The van der Waals surface area contributed by atoms with E-state index in [2.05, 4.69) is 11.7 Å². The zero-order valence-corrected chi connectivity index (χ0v) is 14.3. The van der Waals surface area contributed by atoms with Crippen LogP contribution in [0.2, 0.25) is 0 Å². The van der Waals surface area contributed by atoms with Gasteiger partial charge in [0.05, 0.1) is 0 Å². The van der Waals surface area contributed by atoms with Gasteiger partial charge >= 0.3 is 6.36 Å². The normalized spacial score (nSPS) is 30.7. The number of rotatable bonds is 4. The van der Waals surface area contributed by atoms with E-state index in [1.807, 2.05) is 12.1 Å². The molecule has 0 saturated heterocycles. The average molecular weight is 340 g/mol. The van der Waals surface area contributed by atoms with E-state index in [1.54, 1.807) is 0 Å². The van der Waals surface area contributed by atoms with Crippen molar-refractivity contribution >= 4 is 0 Å². The van der Waals surface area contributed by atoms with E-state index < -0.39 is 6.36 Å². The van der Waals surface area contributed by atoms with Gasteiger partial charge in [-0.05, 0) is 73.5 Å². The lowest BCUT2D eigenvalue weighted by molar-refractivity contribution is -0.274. The Morgan fingerprint density at radius 3 is 2.29 bits per heavy atom. The fourth-order valence-corrected chi connectivity index (χ4v) is 4.90. The van der Waals surface area contributed by atoms with Crippen molar-refractivity contribution < 1.29 is 17.9 Å². The first-order chi connectivity index (χ1) is 11.4.